The van der Waals surface area contributed by atoms with E-state index < -0.39 is 11.9 Å². The van der Waals surface area contributed by atoms with Gasteiger partial charge in [0, 0.05) is 26.6 Å². The zero-order valence-electron chi connectivity index (χ0n) is 9.79. The molecule has 17 heavy (non-hydrogen) atoms. The van der Waals surface area contributed by atoms with Crippen LogP contribution in [-0.4, -0.2) is 50.4 Å². The number of nitrogens with two attached hydrogens (primary N) is 2. The third-order valence-electron chi connectivity index (χ3n) is 1.97. The van der Waals surface area contributed by atoms with Crippen LogP contribution in [0.5, 0.6) is 0 Å². The smallest absolute Gasteiger partial charge is 0.239 e. The van der Waals surface area contributed by atoms with Crippen molar-refractivity contribution in [1.82, 2.24) is 16.0 Å². The van der Waals surface area contributed by atoms with E-state index in [0.29, 0.717) is 0 Å². The average molecular weight is 245 g/mol. The maximum atomic E-state index is 11.2. The summed E-state index contributed by atoms with van der Waals surface area (Å²) in [6.45, 7) is 0.0573. The first-order valence-electron chi connectivity index (χ1n) is 5.22. The second-order valence-electron chi connectivity index (χ2n) is 3.33. The Labute approximate surface area is 99.5 Å². The summed E-state index contributed by atoms with van der Waals surface area (Å²) in [7, 11) is 1.51. The third kappa shape index (κ3) is 7.25. The van der Waals surface area contributed by atoms with Crippen molar-refractivity contribution in [1.29, 1.82) is 0 Å². The van der Waals surface area contributed by atoms with Gasteiger partial charge in [0.15, 0.2) is 0 Å². The molecular formula is C9H19N5O3. The highest BCUT2D eigenvalue weighted by Crippen LogP contribution is 1.77. The van der Waals surface area contributed by atoms with Gasteiger partial charge in [-0.1, -0.05) is 0 Å². The second-order valence-corrected chi connectivity index (χ2v) is 3.33. The topological polar surface area (TPSA) is 139 Å². The highest BCUT2D eigenvalue weighted by Gasteiger charge is 2.12. The third-order valence-corrected chi connectivity index (χ3v) is 1.97. The van der Waals surface area contributed by atoms with Crippen molar-refractivity contribution >= 4 is 17.7 Å². The molecule has 0 aliphatic rings. The molecule has 0 rings (SSSR count). The molecule has 0 aliphatic heterocycles. The number of hydrogen-bond donors (Lipinski definition) is 5. The molecule has 3 amide bonds. The molecule has 0 radical (unpaired) electrons. The molecule has 7 N–H and O–H groups in total. The molecule has 0 spiro atoms. The second kappa shape index (κ2) is 8.48. The zero-order chi connectivity index (χ0) is 13.3. The fourth-order valence-electron chi connectivity index (χ4n) is 0.908. The Hall–Kier alpha value is -1.67. The fourth-order valence-corrected chi connectivity index (χ4v) is 0.908. The van der Waals surface area contributed by atoms with Crippen LogP contribution in [-0.2, 0) is 14.4 Å². The predicted octanol–water partition coefficient (Wildman–Crippen LogP) is -3.36. The van der Waals surface area contributed by atoms with Crippen LogP contribution in [0.4, 0.5) is 0 Å². The summed E-state index contributed by atoms with van der Waals surface area (Å²) in [6, 6.07) is -0.811. The lowest BCUT2D eigenvalue weighted by Gasteiger charge is -2.09. The van der Waals surface area contributed by atoms with Gasteiger partial charge in [0.25, 0.3) is 0 Å². The highest BCUT2D eigenvalue weighted by molar-refractivity contribution is 5.87. The van der Waals surface area contributed by atoms with Gasteiger partial charge >= 0.3 is 0 Å². The maximum absolute atomic E-state index is 11.2. The summed E-state index contributed by atoms with van der Waals surface area (Å²) >= 11 is 0. The first kappa shape index (κ1) is 15.3. The molecule has 8 heteroatoms. The van der Waals surface area contributed by atoms with Crippen LogP contribution >= 0.6 is 0 Å². The lowest BCUT2D eigenvalue weighted by atomic mass is 10.3. The summed E-state index contributed by atoms with van der Waals surface area (Å²) in [6.07, 6.45) is 0.193. The fraction of sp³-hybridized carbons (Fsp3) is 0.667. The first-order chi connectivity index (χ1) is 8.01. The molecule has 0 aromatic heterocycles. The Morgan fingerprint density at radius 1 is 1.18 bits per heavy atom. The van der Waals surface area contributed by atoms with Crippen molar-refractivity contribution < 1.29 is 14.4 Å². The van der Waals surface area contributed by atoms with Gasteiger partial charge in [0.2, 0.25) is 17.7 Å². The Morgan fingerprint density at radius 3 is 2.35 bits per heavy atom. The summed E-state index contributed by atoms with van der Waals surface area (Å²) < 4.78 is 0. The molecule has 98 valence electrons. The van der Waals surface area contributed by atoms with Gasteiger partial charge in [-0.3, -0.25) is 14.4 Å². The lowest BCUT2D eigenvalue weighted by molar-refractivity contribution is -0.127. The van der Waals surface area contributed by atoms with Crippen molar-refractivity contribution in [2.45, 2.75) is 12.5 Å². The van der Waals surface area contributed by atoms with E-state index >= 15 is 0 Å². The molecule has 1 unspecified atom stereocenters. The van der Waals surface area contributed by atoms with Gasteiger partial charge in [-0.25, -0.2) is 0 Å². The Bertz CT molecular complexity index is 282. The van der Waals surface area contributed by atoms with Crippen molar-refractivity contribution in [3.05, 3.63) is 0 Å². The van der Waals surface area contributed by atoms with Crippen molar-refractivity contribution in [3.8, 4) is 0 Å². The molecule has 0 bridgehead atoms. The number of carbonyl (C=O) groups is 3. The normalized spacial score (nSPS) is 11.5. The molecule has 0 saturated carbocycles. The number of amides is 3. The number of nitrogens with one attached hydrogen (secondary N) is 3. The van der Waals surface area contributed by atoms with Crippen LogP contribution < -0.4 is 27.4 Å². The van der Waals surface area contributed by atoms with E-state index in [-0.39, 0.29) is 37.9 Å². The quantitative estimate of drug-likeness (QED) is 0.319. The van der Waals surface area contributed by atoms with Crippen molar-refractivity contribution in [2.24, 2.45) is 11.5 Å². The molecule has 0 aromatic carbocycles. The Morgan fingerprint density at radius 2 is 1.82 bits per heavy atom. The maximum Gasteiger partial charge on any atom is 0.239 e. The van der Waals surface area contributed by atoms with Crippen LogP contribution in [0.3, 0.4) is 0 Å². The van der Waals surface area contributed by atoms with E-state index in [1.54, 1.807) is 0 Å². The van der Waals surface area contributed by atoms with E-state index in [1.807, 2.05) is 0 Å². The van der Waals surface area contributed by atoms with E-state index in [9.17, 15) is 14.4 Å². The summed E-state index contributed by atoms with van der Waals surface area (Å²) in [4.78, 5) is 33.2. The summed E-state index contributed by atoms with van der Waals surface area (Å²) in [5.74, 6) is -1.03. The van der Waals surface area contributed by atoms with E-state index in [0.717, 1.165) is 0 Å². The standard InChI is InChI=1S/C9H19N5O3/c1-12-7(15)2-3-13-8(16)5-14-9(17)6(11)4-10/h6H,2-5,10-11H2,1H3,(H,12,15)(H,13,16)(H,14,17). The molecule has 0 aliphatic carbocycles. The molecule has 0 aromatic rings. The number of rotatable bonds is 7. The first-order valence-corrected chi connectivity index (χ1v) is 5.22. The molecule has 0 heterocycles. The predicted molar refractivity (Wildman–Crippen MR) is 61.7 cm³/mol. The van der Waals surface area contributed by atoms with E-state index in [1.165, 1.54) is 7.05 Å². The van der Waals surface area contributed by atoms with Gasteiger partial charge in [0.1, 0.15) is 0 Å². The largest absolute Gasteiger partial charge is 0.359 e. The van der Waals surface area contributed by atoms with Crippen LogP contribution in [0, 0.1) is 0 Å². The van der Waals surface area contributed by atoms with Crippen LogP contribution in [0.25, 0.3) is 0 Å². The highest BCUT2D eigenvalue weighted by atomic mass is 16.2. The minimum absolute atomic E-state index is 0.0180. The Balaban J connectivity index is 3.66. The minimum atomic E-state index is -0.811. The average Bonchev–Trinajstić information content (AvgIpc) is 2.34. The zero-order valence-corrected chi connectivity index (χ0v) is 9.79. The monoisotopic (exact) mass is 245 g/mol. The molecule has 0 saturated heterocycles. The molecular weight excluding hydrogens is 226 g/mol. The van der Waals surface area contributed by atoms with Crippen molar-refractivity contribution in [3.63, 3.8) is 0 Å². The minimum Gasteiger partial charge on any atom is -0.359 e. The molecule has 0 fully saturated rings. The summed E-state index contributed by atoms with van der Waals surface area (Å²) in [5, 5.41) is 7.22. The van der Waals surface area contributed by atoms with E-state index in [2.05, 4.69) is 16.0 Å². The van der Waals surface area contributed by atoms with Crippen molar-refractivity contribution in [2.75, 3.05) is 26.7 Å². The number of hydrogen-bond acceptors (Lipinski definition) is 5. The lowest BCUT2D eigenvalue weighted by Crippen LogP contribution is -2.48. The van der Waals surface area contributed by atoms with Crippen LogP contribution in [0.2, 0.25) is 0 Å². The van der Waals surface area contributed by atoms with Gasteiger partial charge in [-0.2, -0.15) is 0 Å². The van der Waals surface area contributed by atoms with Gasteiger partial charge < -0.3 is 27.4 Å². The summed E-state index contributed by atoms with van der Waals surface area (Å²) in [5.41, 5.74) is 10.5. The molecule has 8 nitrogen and oxygen atoms in total. The van der Waals surface area contributed by atoms with Crippen LogP contribution in [0.15, 0.2) is 0 Å². The van der Waals surface area contributed by atoms with Crippen LogP contribution in [0.1, 0.15) is 6.42 Å². The van der Waals surface area contributed by atoms with Gasteiger partial charge in [-0.05, 0) is 0 Å². The van der Waals surface area contributed by atoms with E-state index in [4.69, 9.17) is 11.5 Å². The number of carbonyl (C=O) groups excluding carboxylic acids is 3. The van der Waals surface area contributed by atoms with Gasteiger partial charge in [0.05, 0.1) is 12.6 Å². The SMILES string of the molecule is CNC(=O)CCNC(=O)CNC(=O)C(N)CN. The van der Waals surface area contributed by atoms with Gasteiger partial charge in [-0.15, -0.1) is 0 Å². The Kier molecular flexibility index (Phi) is 7.65. The molecule has 1 atom stereocenters.